The second kappa shape index (κ2) is 5.81. The smallest absolute Gasteiger partial charge is 0.410 e. The molecule has 21 heavy (non-hydrogen) atoms. The number of nitrogen functional groups attached to an aromatic ring is 2. The summed E-state index contributed by atoms with van der Waals surface area (Å²) in [5, 5.41) is 0. The first-order valence-corrected chi connectivity index (χ1v) is 7.14. The van der Waals surface area contributed by atoms with Gasteiger partial charge in [-0.1, -0.05) is 6.07 Å². The van der Waals surface area contributed by atoms with Gasteiger partial charge < -0.3 is 20.8 Å². The fourth-order valence-corrected chi connectivity index (χ4v) is 2.49. The zero-order valence-electron chi connectivity index (χ0n) is 12.8. The lowest BCUT2D eigenvalue weighted by Gasteiger charge is -2.24. The predicted octanol–water partition coefficient (Wildman–Crippen LogP) is 2.28. The Morgan fingerprint density at radius 3 is 2.71 bits per heavy atom. The Hall–Kier alpha value is -1.95. The molecule has 6 nitrogen and oxygen atoms in total. The number of carbonyl (C=O) groups is 1. The lowest BCUT2D eigenvalue weighted by Crippen LogP contribution is -2.35. The Bertz CT molecular complexity index is 525. The van der Waals surface area contributed by atoms with Gasteiger partial charge in [0, 0.05) is 19.0 Å². The van der Waals surface area contributed by atoms with Crippen LogP contribution in [0.2, 0.25) is 0 Å². The van der Waals surface area contributed by atoms with Gasteiger partial charge in [0.15, 0.2) is 0 Å². The largest absolute Gasteiger partial charge is 0.444 e. The maximum atomic E-state index is 12.1. The van der Waals surface area contributed by atoms with Crippen LogP contribution in [0.1, 0.15) is 38.7 Å². The molecule has 0 radical (unpaired) electrons. The molecule has 1 atom stereocenters. The molecule has 5 N–H and O–H groups in total. The Balaban J connectivity index is 2.02. The highest BCUT2D eigenvalue weighted by molar-refractivity contribution is 5.69. The van der Waals surface area contributed by atoms with Crippen molar-refractivity contribution in [1.29, 1.82) is 0 Å². The number of nitrogens with one attached hydrogen (secondary N) is 1. The van der Waals surface area contributed by atoms with Crippen molar-refractivity contribution in [3.8, 4) is 0 Å². The molecule has 1 aromatic carbocycles. The summed E-state index contributed by atoms with van der Waals surface area (Å²) in [5.74, 6) is 5.66. The molecule has 0 bridgehead atoms. The van der Waals surface area contributed by atoms with Crippen molar-refractivity contribution in [2.24, 2.45) is 5.84 Å². The van der Waals surface area contributed by atoms with E-state index in [9.17, 15) is 4.79 Å². The second-order valence-corrected chi connectivity index (χ2v) is 6.40. The maximum absolute atomic E-state index is 12.1. The lowest BCUT2D eigenvalue weighted by atomic mass is 9.97. The number of hydrazine groups is 1. The molecule has 1 saturated heterocycles. The number of nitrogens with two attached hydrogens (primary N) is 2. The molecule has 1 unspecified atom stereocenters. The Kier molecular flexibility index (Phi) is 4.27. The number of carbonyl (C=O) groups excluding carboxylic acids is 1. The number of anilines is 2. The third kappa shape index (κ3) is 3.78. The van der Waals surface area contributed by atoms with Gasteiger partial charge in [-0.2, -0.15) is 0 Å². The number of benzene rings is 1. The van der Waals surface area contributed by atoms with E-state index in [-0.39, 0.29) is 12.0 Å². The summed E-state index contributed by atoms with van der Waals surface area (Å²) in [7, 11) is 0. The van der Waals surface area contributed by atoms with Crippen LogP contribution in [0.5, 0.6) is 0 Å². The van der Waals surface area contributed by atoms with Gasteiger partial charge in [-0.3, -0.25) is 5.84 Å². The van der Waals surface area contributed by atoms with E-state index in [1.54, 1.807) is 4.90 Å². The van der Waals surface area contributed by atoms with Gasteiger partial charge in [0.25, 0.3) is 0 Å². The number of ether oxygens (including phenoxy) is 1. The lowest BCUT2D eigenvalue weighted by molar-refractivity contribution is 0.0292. The number of nitrogens with zero attached hydrogens (tertiary/aromatic N) is 1. The Morgan fingerprint density at radius 1 is 1.43 bits per heavy atom. The van der Waals surface area contributed by atoms with Crippen molar-refractivity contribution in [3.63, 3.8) is 0 Å². The summed E-state index contributed by atoms with van der Waals surface area (Å²) in [4.78, 5) is 13.8. The van der Waals surface area contributed by atoms with E-state index in [0.717, 1.165) is 12.0 Å². The molecule has 1 heterocycles. The number of hydrogen-bond donors (Lipinski definition) is 3. The highest BCUT2D eigenvalue weighted by Crippen LogP contribution is 2.31. The molecule has 116 valence electrons. The number of likely N-dealkylation sites (tertiary alicyclic amines) is 1. The van der Waals surface area contributed by atoms with Gasteiger partial charge in [0.05, 0.1) is 11.4 Å². The molecule has 2 rings (SSSR count). The molecule has 1 aliphatic heterocycles. The highest BCUT2D eigenvalue weighted by Gasteiger charge is 2.30. The zero-order valence-corrected chi connectivity index (χ0v) is 12.8. The molecule has 1 amide bonds. The minimum absolute atomic E-state index is 0.252. The van der Waals surface area contributed by atoms with E-state index < -0.39 is 5.60 Å². The SMILES string of the molecule is CC(C)(C)OC(=O)N1CCC(c2ccc(NN)c(N)c2)C1. The Labute approximate surface area is 125 Å². The molecule has 6 heteroatoms. The van der Waals surface area contributed by atoms with Gasteiger partial charge >= 0.3 is 6.09 Å². The van der Waals surface area contributed by atoms with E-state index in [1.807, 2.05) is 39.0 Å². The normalized spacial score (nSPS) is 18.7. The standard InChI is InChI=1S/C15H24N4O2/c1-15(2,3)21-14(20)19-7-6-11(9-19)10-4-5-13(18-17)12(16)8-10/h4-5,8,11,18H,6-7,9,16-17H2,1-3H3. The van der Waals surface area contributed by atoms with Crippen molar-refractivity contribution < 1.29 is 9.53 Å². The highest BCUT2D eigenvalue weighted by atomic mass is 16.6. The summed E-state index contributed by atoms with van der Waals surface area (Å²) in [5.41, 5.74) is 10.5. The van der Waals surface area contributed by atoms with Crippen LogP contribution in [0.25, 0.3) is 0 Å². The minimum atomic E-state index is -0.464. The monoisotopic (exact) mass is 292 g/mol. The van der Waals surface area contributed by atoms with E-state index in [0.29, 0.717) is 24.5 Å². The molecule has 1 fully saturated rings. The van der Waals surface area contributed by atoms with Crippen LogP contribution in [0.4, 0.5) is 16.2 Å². The fraction of sp³-hybridized carbons (Fsp3) is 0.533. The van der Waals surface area contributed by atoms with E-state index in [4.69, 9.17) is 16.3 Å². The third-order valence-electron chi connectivity index (χ3n) is 3.54. The van der Waals surface area contributed by atoms with Crippen molar-refractivity contribution in [2.75, 3.05) is 24.2 Å². The maximum Gasteiger partial charge on any atom is 0.410 e. The van der Waals surface area contributed by atoms with Gasteiger partial charge in [0.1, 0.15) is 5.60 Å². The number of hydrogen-bond acceptors (Lipinski definition) is 5. The van der Waals surface area contributed by atoms with Gasteiger partial charge in [-0.05, 0) is 44.9 Å². The van der Waals surface area contributed by atoms with Crippen LogP contribution in [0, 0.1) is 0 Å². The molecule has 0 spiro atoms. The molecule has 0 saturated carbocycles. The molecular weight excluding hydrogens is 268 g/mol. The van der Waals surface area contributed by atoms with Crippen LogP contribution in [0.3, 0.4) is 0 Å². The first-order valence-electron chi connectivity index (χ1n) is 7.14. The summed E-state index contributed by atoms with van der Waals surface area (Å²) in [6.45, 7) is 6.98. The van der Waals surface area contributed by atoms with Gasteiger partial charge in [-0.15, -0.1) is 0 Å². The molecule has 0 aliphatic carbocycles. The summed E-state index contributed by atoms with van der Waals surface area (Å²) in [6, 6.07) is 5.77. The van der Waals surface area contributed by atoms with Crippen LogP contribution < -0.4 is 17.0 Å². The van der Waals surface area contributed by atoms with Gasteiger partial charge in [-0.25, -0.2) is 4.79 Å². The summed E-state index contributed by atoms with van der Waals surface area (Å²) < 4.78 is 5.40. The van der Waals surface area contributed by atoms with Crippen molar-refractivity contribution in [2.45, 2.75) is 38.7 Å². The topological polar surface area (TPSA) is 93.6 Å². The molecular formula is C15H24N4O2. The van der Waals surface area contributed by atoms with Crippen LogP contribution in [-0.4, -0.2) is 29.7 Å². The summed E-state index contributed by atoms with van der Waals surface area (Å²) >= 11 is 0. The van der Waals surface area contributed by atoms with Crippen molar-refractivity contribution in [3.05, 3.63) is 23.8 Å². The average Bonchev–Trinajstić information content (AvgIpc) is 2.86. The fourth-order valence-electron chi connectivity index (χ4n) is 2.49. The first kappa shape index (κ1) is 15.4. The van der Waals surface area contributed by atoms with Crippen LogP contribution in [-0.2, 0) is 4.74 Å². The van der Waals surface area contributed by atoms with Crippen molar-refractivity contribution in [1.82, 2.24) is 4.90 Å². The average molecular weight is 292 g/mol. The zero-order chi connectivity index (χ0) is 15.6. The van der Waals surface area contributed by atoms with Crippen LogP contribution in [0.15, 0.2) is 18.2 Å². The van der Waals surface area contributed by atoms with E-state index in [1.165, 1.54) is 0 Å². The number of amides is 1. The van der Waals surface area contributed by atoms with E-state index in [2.05, 4.69) is 5.43 Å². The summed E-state index contributed by atoms with van der Waals surface area (Å²) in [6.07, 6.45) is 0.659. The van der Waals surface area contributed by atoms with Gasteiger partial charge in [0.2, 0.25) is 0 Å². The molecule has 0 aromatic heterocycles. The third-order valence-corrected chi connectivity index (χ3v) is 3.54. The predicted molar refractivity (Wildman–Crippen MR) is 83.8 cm³/mol. The van der Waals surface area contributed by atoms with E-state index >= 15 is 0 Å². The Morgan fingerprint density at radius 2 is 2.14 bits per heavy atom. The molecule has 1 aliphatic rings. The first-order chi connectivity index (χ1) is 9.80. The second-order valence-electron chi connectivity index (χ2n) is 6.40. The number of rotatable bonds is 2. The minimum Gasteiger partial charge on any atom is -0.444 e. The quantitative estimate of drug-likeness (QED) is 0.442. The van der Waals surface area contributed by atoms with Crippen LogP contribution >= 0.6 is 0 Å². The molecule has 1 aromatic rings. The van der Waals surface area contributed by atoms with Crippen molar-refractivity contribution >= 4 is 17.5 Å².